The fourth-order valence-electron chi connectivity index (χ4n) is 0.253. The number of hydrazone groups is 1. The van der Waals surface area contributed by atoms with Gasteiger partial charge in [-0.3, -0.25) is 0 Å². The Morgan fingerprint density at radius 3 is 2.78 bits per heavy atom. The van der Waals surface area contributed by atoms with Crippen LogP contribution in [0, 0.1) is 0 Å². The van der Waals surface area contributed by atoms with Crippen LogP contribution in [0.3, 0.4) is 0 Å². The number of hydrogen-bond acceptors (Lipinski definition) is 3. The van der Waals surface area contributed by atoms with Crippen molar-refractivity contribution in [2.75, 3.05) is 6.54 Å². The van der Waals surface area contributed by atoms with Crippen molar-refractivity contribution in [2.24, 2.45) is 5.10 Å². The first-order chi connectivity index (χ1) is 4.41. The molecule has 0 aromatic rings. The van der Waals surface area contributed by atoms with Gasteiger partial charge in [0.1, 0.15) is 0 Å². The molecule has 0 amide bonds. The van der Waals surface area contributed by atoms with E-state index in [1.807, 2.05) is 0 Å². The van der Waals surface area contributed by atoms with Gasteiger partial charge in [0.05, 0.1) is 0 Å². The zero-order valence-electron chi connectivity index (χ0n) is 5.30. The Morgan fingerprint density at radius 2 is 2.22 bits per heavy atom. The van der Waals surface area contributed by atoms with Gasteiger partial charge in [-0.05, 0) is 6.08 Å². The zero-order valence-corrected chi connectivity index (χ0v) is 5.30. The van der Waals surface area contributed by atoms with Gasteiger partial charge in [-0.25, -0.2) is 11.0 Å². The molecule has 0 bridgehead atoms. The maximum Gasteiger partial charge on any atom is 0.0477 e. The molecule has 50 valence electrons. The quantitative estimate of drug-likeness (QED) is 0.242. The van der Waals surface area contributed by atoms with Crippen LogP contribution in [0.1, 0.15) is 0 Å². The summed E-state index contributed by atoms with van der Waals surface area (Å²) in [5.74, 6) is 0. The van der Waals surface area contributed by atoms with Gasteiger partial charge in [0.15, 0.2) is 0 Å². The highest BCUT2D eigenvalue weighted by molar-refractivity contribution is 5.69. The Bertz CT molecular complexity index is 107. The summed E-state index contributed by atoms with van der Waals surface area (Å²) >= 11 is 0. The van der Waals surface area contributed by atoms with Crippen LogP contribution in [-0.2, 0) is 0 Å². The van der Waals surface area contributed by atoms with Gasteiger partial charge in [-0.1, -0.05) is 12.7 Å². The Balaban J connectivity index is 2.98. The van der Waals surface area contributed by atoms with E-state index < -0.39 is 0 Å². The number of allylic oxidation sites excluding steroid dienone is 1. The average Bonchev–Trinajstić information content (AvgIpc) is 1.89. The lowest BCUT2D eigenvalue weighted by atomic mass is 10.7. The summed E-state index contributed by atoms with van der Waals surface area (Å²) in [6.45, 7) is 7.63. The minimum atomic E-state index is 0.689. The monoisotopic (exact) mass is 125 g/mol. The molecule has 0 atom stereocenters. The van der Waals surface area contributed by atoms with Crippen LogP contribution in [0.25, 0.3) is 0 Å². The smallest absolute Gasteiger partial charge is 0.0477 e. The Hall–Kier alpha value is -1.09. The van der Waals surface area contributed by atoms with Crippen molar-refractivity contribution in [3.8, 4) is 0 Å². The summed E-state index contributed by atoms with van der Waals surface area (Å²) in [6, 6.07) is 0. The fraction of sp³-hybridized carbons (Fsp3) is 0.167. The van der Waals surface area contributed by atoms with E-state index in [0.29, 0.717) is 6.54 Å². The van der Waals surface area contributed by atoms with Gasteiger partial charge < -0.3 is 0 Å². The van der Waals surface area contributed by atoms with E-state index in [9.17, 15) is 0 Å². The standard InChI is InChI=1S/C6H11N3/c1-3-5-7-9-8-6-4-2/h3-5,8-9H,1-2,6H2/b7-5+. The number of rotatable bonds is 5. The van der Waals surface area contributed by atoms with Gasteiger partial charge in [-0.15, -0.1) is 6.58 Å². The predicted octanol–water partition coefficient (Wildman–Crippen LogP) is 0.438. The van der Waals surface area contributed by atoms with Crippen LogP contribution in [0.5, 0.6) is 0 Å². The van der Waals surface area contributed by atoms with Gasteiger partial charge in [0.2, 0.25) is 0 Å². The minimum absolute atomic E-state index is 0.689. The minimum Gasteiger partial charge on any atom is -0.243 e. The van der Waals surface area contributed by atoms with E-state index in [1.165, 1.54) is 0 Å². The highest BCUT2D eigenvalue weighted by atomic mass is 15.5. The molecule has 0 aliphatic rings. The molecule has 0 aromatic heterocycles. The molecule has 3 nitrogen and oxygen atoms in total. The predicted molar refractivity (Wildman–Crippen MR) is 40.0 cm³/mol. The third kappa shape index (κ3) is 6.91. The summed E-state index contributed by atoms with van der Waals surface area (Å²) < 4.78 is 0. The summed E-state index contributed by atoms with van der Waals surface area (Å²) in [7, 11) is 0. The summed E-state index contributed by atoms with van der Waals surface area (Å²) in [5.41, 5.74) is 5.32. The van der Waals surface area contributed by atoms with E-state index in [1.54, 1.807) is 18.4 Å². The van der Waals surface area contributed by atoms with Crippen LogP contribution in [0.2, 0.25) is 0 Å². The Morgan fingerprint density at radius 1 is 1.44 bits per heavy atom. The molecule has 0 fully saturated rings. The molecule has 9 heavy (non-hydrogen) atoms. The lowest BCUT2D eigenvalue weighted by Gasteiger charge is -1.95. The summed E-state index contributed by atoms with van der Waals surface area (Å²) in [5, 5.41) is 3.68. The van der Waals surface area contributed by atoms with Crippen molar-refractivity contribution in [2.45, 2.75) is 0 Å². The highest BCUT2D eigenvalue weighted by Crippen LogP contribution is 1.56. The first kappa shape index (κ1) is 7.91. The molecular formula is C6H11N3. The van der Waals surface area contributed by atoms with Gasteiger partial charge in [0.25, 0.3) is 0 Å². The molecular weight excluding hydrogens is 114 g/mol. The van der Waals surface area contributed by atoms with Crippen LogP contribution < -0.4 is 11.0 Å². The van der Waals surface area contributed by atoms with Crippen molar-refractivity contribution in [1.29, 1.82) is 0 Å². The molecule has 0 aliphatic carbocycles. The number of hydrazine groups is 1. The molecule has 2 N–H and O–H groups in total. The van der Waals surface area contributed by atoms with E-state index >= 15 is 0 Å². The maximum absolute atomic E-state index is 3.68. The third-order valence-corrected chi connectivity index (χ3v) is 0.570. The third-order valence-electron chi connectivity index (χ3n) is 0.570. The van der Waals surface area contributed by atoms with Crippen molar-refractivity contribution in [1.82, 2.24) is 11.0 Å². The fourth-order valence-corrected chi connectivity index (χ4v) is 0.253. The Kier molecular flexibility index (Phi) is 6.07. The average molecular weight is 125 g/mol. The molecule has 3 heteroatoms. The van der Waals surface area contributed by atoms with Gasteiger partial charge in [0, 0.05) is 12.8 Å². The summed E-state index contributed by atoms with van der Waals surface area (Å²) in [4.78, 5) is 0. The zero-order chi connectivity index (χ0) is 6.95. The lowest BCUT2D eigenvalue weighted by molar-refractivity contribution is 0.601. The van der Waals surface area contributed by atoms with Gasteiger partial charge in [-0.2, -0.15) is 5.10 Å². The topological polar surface area (TPSA) is 36.4 Å². The Labute approximate surface area is 55.1 Å². The van der Waals surface area contributed by atoms with Crippen molar-refractivity contribution < 1.29 is 0 Å². The van der Waals surface area contributed by atoms with Crippen molar-refractivity contribution >= 4 is 6.21 Å². The molecule has 0 aromatic carbocycles. The number of hydrogen-bond donors (Lipinski definition) is 2. The molecule has 0 aliphatic heterocycles. The van der Waals surface area contributed by atoms with Crippen LogP contribution in [-0.4, -0.2) is 12.8 Å². The molecule has 0 saturated heterocycles. The number of nitrogens with zero attached hydrogens (tertiary/aromatic N) is 1. The second-order valence-corrected chi connectivity index (χ2v) is 1.30. The second kappa shape index (κ2) is 6.91. The van der Waals surface area contributed by atoms with E-state index in [0.717, 1.165) is 0 Å². The van der Waals surface area contributed by atoms with Crippen molar-refractivity contribution in [3.05, 3.63) is 25.3 Å². The normalized spacial score (nSPS) is 9.33. The van der Waals surface area contributed by atoms with E-state index in [4.69, 9.17) is 0 Å². The molecule has 0 radical (unpaired) electrons. The van der Waals surface area contributed by atoms with E-state index in [2.05, 4.69) is 29.2 Å². The molecule has 0 heterocycles. The van der Waals surface area contributed by atoms with Crippen LogP contribution in [0.4, 0.5) is 0 Å². The largest absolute Gasteiger partial charge is 0.243 e. The van der Waals surface area contributed by atoms with Crippen molar-refractivity contribution in [3.63, 3.8) is 0 Å². The molecule has 0 spiro atoms. The SMILES string of the molecule is C=C/C=N/NNCC=C. The first-order valence-electron chi connectivity index (χ1n) is 2.64. The highest BCUT2D eigenvalue weighted by Gasteiger charge is 1.68. The molecule has 0 unspecified atom stereocenters. The molecule has 0 saturated carbocycles. The lowest BCUT2D eigenvalue weighted by Crippen LogP contribution is -2.26. The van der Waals surface area contributed by atoms with Gasteiger partial charge >= 0.3 is 0 Å². The molecule has 0 rings (SSSR count). The van der Waals surface area contributed by atoms with E-state index in [-0.39, 0.29) is 0 Å². The maximum atomic E-state index is 3.68. The first-order valence-corrected chi connectivity index (χ1v) is 2.64. The van der Waals surface area contributed by atoms with Crippen LogP contribution >= 0.6 is 0 Å². The second-order valence-electron chi connectivity index (χ2n) is 1.30. The summed E-state index contributed by atoms with van der Waals surface area (Å²) in [6.07, 6.45) is 4.87. The van der Waals surface area contributed by atoms with Crippen LogP contribution in [0.15, 0.2) is 30.4 Å². The number of nitrogens with one attached hydrogen (secondary N) is 2.